The predicted molar refractivity (Wildman–Crippen MR) is 126 cm³/mol. The van der Waals surface area contributed by atoms with E-state index in [9.17, 15) is 23.6 Å². The molecule has 12 heteroatoms. The van der Waals surface area contributed by atoms with E-state index in [1.807, 2.05) is 0 Å². The number of hydrogen-bond donors (Lipinski definition) is 4. The van der Waals surface area contributed by atoms with Gasteiger partial charge in [0, 0.05) is 18.2 Å². The summed E-state index contributed by atoms with van der Waals surface area (Å²) in [6.07, 6.45) is 0. The number of carbonyl (C=O) groups is 3. The van der Waals surface area contributed by atoms with E-state index in [0.717, 1.165) is 23.9 Å². The number of nitrogens with one attached hydrogen (secondary N) is 4. The van der Waals surface area contributed by atoms with E-state index in [2.05, 4.69) is 25.9 Å². The summed E-state index contributed by atoms with van der Waals surface area (Å²) >= 11 is 0.927. The Morgan fingerprint density at radius 3 is 2.32 bits per heavy atom. The fraction of sp³-hybridized carbons (Fsp3) is 0.136. The fourth-order valence-corrected chi connectivity index (χ4v) is 3.35. The molecule has 2 aromatic carbocycles. The summed E-state index contributed by atoms with van der Waals surface area (Å²) in [5, 5.41) is 7.51. The number of nitrogens with zero attached hydrogens (tertiary/aromatic N) is 1. The zero-order valence-electron chi connectivity index (χ0n) is 18.1. The molecule has 3 amide bonds. The largest absolute Gasteiger partial charge is 0.497 e. The van der Waals surface area contributed by atoms with Gasteiger partial charge < -0.3 is 20.7 Å². The molecule has 176 valence electrons. The SMILES string of the molecule is COc1ccc(NC(=O)CSc2nc(NC(C)=O)c(NC(=O)c3ccc(F)cc3)c(=O)[nH]2)cc1. The summed E-state index contributed by atoms with van der Waals surface area (Å²) in [6.45, 7) is 1.21. The van der Waals surface area contributed by atoms with Crippen LogP contribution in [0.25, 0.3) is 0 Å². The maximum absolute atomic E-state index is 13.1. The van der Waals surface area contributed by atoms with E-state index in [0.29, 0.717) is 11.4 Å². The highest BCUT2D eigenvalue weighted by molar-refractivity contribution is 7.99. The number of aromatic nitrogens is 2. The molecular formula is C22H20FN5O5S. The first-order valence-electron chi connectivity index (χ1n) is 9.80. The molecule has 0 aliphatic carbocycles. The summed E-state index contributed by atoms with van der Waals surface area (Å²) in [4.78, 5) is 55.5. The van der Waals surface area contributed by atoms with Gasteiger partial charge in [0.1, 0.15) is 11.6 Å². The Kier molecular flexibility index (Phi) is 7.98. The van der Waals surface area contributed by atoms with E-state index in [1.54, 1.807) is 24.3 Å². The smallest absolute Gasteiger partial charge is 0.277 e. The van der Waals surface area contributed by atoms with Gasteiger partial charge in [0.15, 0.2) is 16.7 Å². The normalized spacial score (nSPS) is 10.3. The van der Waals surface area contributed by atoms with Crippen molar-refractivity contribution >= 4 is 46.7 Å². The number of aromatic amines is 1. The Morgan fingerprint density at radius 2 is 1.71 bits per heavy atom. The van der Waals surface area contributed by atoms with Crippen molar-refractivity contribution in [2.24, 2.45) is 0 Å². The van der Waals surface area contributed by atoms with E-state index in [-0.39, 0.29) is 33.9 Å². The molecule has 1 heterocycles. The lowest BCUT2D eigenvalue weighted by Gasteiger charge is -2.11. The molecule has 4 N–H and O–H groups in total. The summed E-state index contributed by atoms with van der Waals surface area (Å²) in [6, 6.07) is 11.4. The number of halogens is 1. The summed E-state index contributed by atoms with van der Waals surface area (Å²) < 4.78 is 18.2. The van der Waals surface area contributed by atoms with Crippen LogP contribution in [-0.4, -0.2) is 40.6 Å². The van der Waals surface area contributed by atoms with Crippen molar-refractivity contribution in [2.45, 2.75) is 12.1 Å². The molecule has 0 saturated heterocycles. The molecular weight excluding hydrogens is 465 g/mol. The quantitative estimate of drug-likeness (QED) is 0.284. The lowest BCUT2D eigenvalue weighted by molar-refractivity contribution is -0.114. The monoisotopic (exact) mass is 485 g/mol. The number of ether oxygens (including phenoxy) is 1. The number of methoxy groups -OCH3 is 1. The number of benzene rings is 2. The molecule has 0 bridgehead atoms. The van der Waals surface area contributed by atoms with Crippen LogP contribution in [0.4, 0.5) is 21.6 Å². The van der Waals surface area contributed by atoms with Crippen molar-refractivity contribution in [1.29, 1.82) is 0 Å². The van der Waals surface area contributed by atoms with Crippen molar-refractivity contribution in [2.75, 3.05) is 28.8 Å². The Bertz CT molecular complexity index is 1260. The number of hydrogen-bond acceptors (Lipinski definition) is 7. The predicted octanol–water partition coefficient (Wildman–Crippen LogP) is 2.86. The summed E-state index contributed by atoms with van der Waals surface area (Å²) in [7, 11) is 1.53. The van der Waals surface area contributed by atoms with Crippen LogP contribution >= 0.6 is 11.8 Å². The topological polar surface area (TPSA) is 142 Å². The molecule has 0 atom stereocenters. The fourth-order valence-electron chi connectivity index (χ4n) is 2.69. The van der Waals surface area contributed by atoms with E-state index < -0.39 is 23.2 Å². The van der Waals surface area contributed by atoms with Gasteiger partial charge in [-0.1, -0.05) is 11.8 Å². The molecule has 10 nitrogen and oxygen atoms in total. The first-order valence-corrected chi connectivity index (χ1v) is 10.8. The van der Waals surface area contributed by atoms with E-state index >= 15 is 0 Å². The van der Waals surface area contributed by atoms with Gasteiger partial charge >= 0.3 is 0 Å². The van der Waals surface area contributed by atoms with Gasteiger partial charge in [-0.05, 0) is 48.5 Å². The molecule has 0 saturated carbocycles. The number of amides is 3. The molecule has 0 unspecified atom stereocenters. The molecule has 0 spiro atoms. The van der Waals surface area contributed by atoms with Crippen LogP contribution in [0.1, 0.15) is 17.3 Å². The third-order valence-corrected chi connectivity index (χ3v) is 5.12. The highest BCUT2D eigenvalue weighted by Gasteiger charge is 2.17. The first-order chi connectivity index (χ1) is 16.2. The van der Waals surface area contributed by atoms with Gasteiger partial charge in [-0.25, -0.2) is 9.37 Å². The third-order valence-electron chi connectivity index (χ3n) is 4.25. The maximum Gasteiger partial charge on any atom is 0.277 e. The average Bonchev–Trinajstić information content (AvgIpc) is 2.80. The van der Waals surface area contributed by atoms with Crippen molar-refractivity contribution in [1.82, 2.24) is 9.97 Å². The Hall–Kier alpha value is -4.19. The van der Waals surface area contributed by atoms with E-state index in [1.165, 1.54) is 26.2 Å². The highest BCUT2D eigenvalue weighted by atomic mass is 32.2. The van der Waals surface area contributed by atoms with Gasteiger partial charge in [-0.2, -0.15) is 0 Å². The van der Waals surface area contributed by atoms with Gasteiger partial charge in [0.2, 0.25) is 11.8 Å². The second kappa shape index (κ2) is 11.1. The maximum atomic E-state index is 13.1. The number of carbonyl (C=O) groups excluding carboxylic acids is 3. The van der Waals surface area contributed by atoms with Crippen molar-refractivity contribution < 1.29 is 23.5 Å². The molecule has 0 radical (unpaired) electrons. The third kappa shape index (κ3) is 6.65. The van der Waals surface area contributed by atoms with E-state index in [4.69, 9.17) is 4.74 Å². The minimum atomic E-state index is -0.743. The molecule has 3 aromatic rings. The molecule has 0 aliphatic rings. The van der Waals surface area contributed by atoms with Crippen molar-refractivity contribution in [3.05, 3.63) is 70.3 Å². The summed E-state index contributed by atoms with van der Waals surface area (Å²) in [5.41, 5.74) is -0.377. The summed E-state index contributed by atoms with van der Waals surface area (Å²) in [5.74, 6) is -1.73. The van der Waals surface area contributed by atoms with Crippen LogP contribution in [0.5, 0.6) is 5.75 Å². The van der Waals surface area contributed by atoms with Crippen LogP contribution in [0.2, 0.25) is 0 Å². The van der Waals surface area contributed by atoms with Crippen LogP contribution in [-0.2, 0) is 9.59 Å². The minimum absolute atomic E-state index is 0.0541. The highest BCUT2D eigenvalue weighted by Crippen LogP contribution is 2.21. The Morgan fingerprint density at radius 1 is 1.03 bits per heavy atom. The van der Waals surface area contributed by atoms with Gasteiger partial charge in [-0.3, -0.25) is 24.2 Å². The molecule has 3 rings (SSSR count). The van der Waals surface area contributed by atoms with Crippen molar-refractivity contribution in [3.8, 4) is 5.75 Å². The lowest BCUT2D eigenvalue weighted by atomic mass is 10.2. The number of rotatable bonds is 8. The zero-order chi connectivity index (χ0) is 24.7. The van der Waals surface area contributed by atoms with Crippen LogP contribution in [0, 0.1) is 5.82 Å². The van der Waals surface area contributed by atoms with Gasteiger partial charge in [-0.15, -0.1) is 0 Å². The average molecular weight is 485 g/mol. The number of anilines is 3. The standard InChI is InChI=1S/C22H20FN5O5S/c1-12(29)24-19-18(26-20(31)13-3-5-14(23)6-4-13)21(32)28-22(27-19)34-11-17(30)25-15-7-9-16(33-2)10-8-15/h3-10H,11H2,1-2H3,(H,25,30)(H,26,31)(H2,24,27,28,29,32). The number of thioether (sulfide) groups is 1. The Balaban J connectivity index is 1.73. The lowest BCUT2D eigenvalue weighted by Crippen LogP contribution is -2.24. The molecule has 0 aliphatic heterocycles. The van der Waals surface area contributed by atoms with Crippen molar-refractivity contribution in [3.63, 3.8) is 0 Å². The number of H-pyrrole nitrogens is 1. The molecule has 1 aromatic heterocycles. The Labute approximate surface area is 197 Å². The molecule has 34 heavy (non-hydrogen) atoms. The van der Waals surface area contributed by atoms with Crippen LogP contribution in [0.3, 0.4) is 0 Å². The minimum Gasteiger partial charge on any atom is -0.497 e. The van der Waals surface area contributed by atoms with Crippen LogP contribution < -0.4 is 26.2 Å². The van der Waals surface area contributed by atoms with Gasteiger partial charge in [0.05, 0.1) is 12.9 Å². The second-order valence-electron chi connectivity index (χ2n) is 6.80. The second-order valence-corrected chi connectivity index (χ2v) is 7.77. The zero-order valence-corrected chi connectivity index (χ0v) is 18.9. The molecule has 0 fully saturated rings. The van der Waals surface area contributed by atoms with Gasteiger partial charge in [0.25, 0.3) is 11.5 Å². The first kappa shape index (κ1) is 24.5. The van der Waals surface area contributed by atoms with Crippen LogP contribution in [0.15, 0.2) is 58.5 Å².